The van der Waals surface area contributed by atoms with Gasteiger partial charge in [0.1, 0.15) is 0 Å². The molecule has 0 bridgehead atoms. The van der Waals surface area contributed by atoms with Crippen molar-refractivity contribution < 1.29 is 24.5 Å². The van der Waals surface area contributed by atoms with Crippen molar-refractivity contribution in [2.45, 2.75) is 79.4 Å². The van der Waals surface area contributed by atoms with Crippen molar-refractivity contribution in [3.8, 4) is 28.3 Å². The molecule has 4 aromatic carbocycles. The molecule has 7 heteroatoms. The third-order valence-electron chi connectivity index (χ3n) is 9.97. The molecule has 4 aromatic heterocycles. The quantitative estimate of drug-likeness (QED) is 0.113. The summed E-state index contributed by atoms with van der Waals surface area (Å²) in [4.78, 5) is 14.3. The average Bonchev–Trinajstić information content (AvgIpc) is 3.73. The second-order valence-electron chi connectivity index (χ2n) is 16.3. The smallest absolute Gasteiger partial charge is 0.216 e. The van der Waals surface area contributed by atoms with Gasteiger partial charge in [0.2, 0.25) is 5.71 Å². The summed E-state index contributed by atoms with van der Waals surface area (Å²) in [7, 11) is -1.34. The Balaban J connectivity index is 0.000000211. The van der Waals surface area contributed by atoms with Gasteiger partial charge in [-0.05, 0) is 70.4 Å². The Morgan fingerprint density at radius 2 is 1.47 bits per heavy atom. The second kappa shape index (κ2) is 16.6. The van der Waals surface area contributed by atoms with E-state index in [1.807, 2.05) is 48.5 Å². The first-order valence-corrected chi connectivity index (χ1v) is 22.7. The number of imidazole rings is 1. The number of benzene rings is 4. The number of furan rings is 1. The predicted octanol–water partition coefficient (Wildman–Crippen LogP) is 12.3. The minimum atomic E-state index is -1.34. The summed E-state index contributed by atoms with van der Waals surface area (Å²) < 4.78 is 8.60. The van der Waals surface area contributed by atoms with Crippen LogP contribution in [0.1, 0.15) is 70.1 Å². The van der Waals surface area contributed by atoms with Gasteiger partial charge in [-0.3, -0.25) is 4.98 Å². The van der Waals surface area contributed by atoms with E-state index in [-0.39, 0.29) is 20.1 Å². The molecule has 0 N–H and O–H groups in total. The first kappa shape index (κ1) is 40.0. The molecule has 8 aromatic rings. The number of rotatable bonds is 8. The number of hydrogen-bond acceptors (Lipinski definition) is 4. The van der Waals surface area contributed by atoms with Gasteiger partial charge >= 0.3 is 0 Å². The van der Waals surface area contributed by atoms with Gasteiger partial charge in [-0.25, -0.2) is 4.98 Å². The Morgan fingerprint density at radius 1 is 0.745 bits per heavy atom. The van der Waals surface area contributed by atoms with Crippen LogP contribution in [-0.2, 0) is 26.5 Å². The van der Waals surface area contributed by atoms with E-state index in [1.54, 1.807) is 6.20 Å². The van der Waals surface area contributed by atoms with Crippen LogP contribution in [0.2, 0.25) is 19.6 Å². The molecule has 5 nitrogen and oxygen atoms in total. The first-order valence-electron chi connectivity index (χ1n) is 19.2. The van der Waals surface area contributed by atoms with Crippen molar-refractivity contribution in [2.24, 2.45) is 5.92 Å². The first-order chi connectivity index (χ1) is 25.9. The summed E-state index contributed by atoms with van der Waals surface area (Å²) >= 11 is 0. The maximum absolute atomic E-state index is 6.28. The van der Waals surface area contributed by atoms with Gasteiger partial charge in [0.05, 0.1) is 30.5 Å². The van der Waals surface area contributed by atoms with E-state index in [1.165, 1.54) is 27.6 Å². The average molecular weight is 919 g/mol. The molecule has 0 saturated heterocycles. The third-order valence-corrected chi connectivity index (χ3v) is 12.0. The van der Waals surface area contributed by atoms with Gasteiger partial charge in [0, 0.05) is 43.6 Å². The number of pyridine rings is 2. The van der Waals surface area contributed by atoms with Gasteiger partial charge in [0.25, 0.3) is 0 Å². The predicted molar refractivity (Wildman–Crippen MR) is 229 cm³/mol. The van der Waals surface area contributed by atoms with Crippen molar-refractivity contribution in [2.75, 3.05) is 0 Å². The molecule has 8 rings (SSSR count). The molecule has 283 valence electrons. The third kappa shape index (κ3) is 8.16. The normalized spacial score (nSPS) is 11.8. The Bertz CT molecular complexity index is 2540. The minimum absolute atomic E-state index is 0. The summed E-state index contributed by atoms with van der Waals surface area (Å²) in [5, 5.41) is 3.52. The van der Waals surface area contributed by atoms with Crippen LogP contribution < -0.4 is 5.19 Å². The molecule has 0 unspecified atom stereocenters. The fourth-order valence-corrected chi connectivity index (χ4v) is 9.00. The molecule has 0 aliphatic carbocycles. The van der Waals surface area contributed by atoms with Gasteiger partial charge in [-0.1, -0.05) is 114 Å². The standard InChI is InChI=1S/C30H26N3O.C18H24NSi.Ir/c1-18(2)20-10-7-11-21(19(3)4)27(20)33-26-16-6-5-15-25(26)32-29(33)24-13-8-12-22-23-14-9-17-31-30(23)34-28(22)24;1-14(2)11-16-12-17(15-9-7-6-8-10-15)19-13-18(16)20(3,4)5;/h5-12,14-19H,1-4H3;6-9,12-14H,11H2,1-5H3;/q2*-1;. The zero-order valence-electron chi connectivity index (χ0n) is 33.4. The molecule has 0 aliphatic heterocycles. The molecule has 0 atom stereocenters. The van der Waals surface area contributed by atoms with E-state index in [2.05, 4.69) is 143 Å². The van der Waals surface area contributed by atoms with Gasteiger partial charge in [-0.2, -0.15) is 0 Å². The molecule has 0 aliphatic rings. The van der Waals surface area contributed by atoms with Crippen LogP contribution in [-0.4, -0.2) is 27.6 Å². The summed E-state index contributed by atoms with van der Waals surface area (Å²) in [6.07, 6.45) is 5.00. The molecule has 0 saturated carbocycles. The van der Waals surface area contributed by atoms with Crippen molar-refractivity contribution in [3.05, 3.63) is 138 Å². The molecular weight excluding hydrogens is 869 g/mol. The number of aromatic nitrogens is 4. The van der Waals surface area contributed by atoms with Crippen LogP contribution in [0.5, 0.6) is 0 Å². The van der Waals surface area contributed by atoms with Gasteiger partial charge in [0.15, 0.2) is 0 Å². The molecular formula is C48H50IrN4OSi-2. The van der Waals surface area contributed by atoms with E-state index >= 15 is 0 Å². The molecule has 4 heterocycles. The van der Waals surface area contributed by atoms with Gasteiger partial charge in [-0.15, -0.1) is 54.1 Å². The van der Waals surface area contributed by atoms with Gasteiger partial charge < -0.3 is 14.0 Å². The van der Waals surface area contributed by atoms with Crippen molar-refractivity contribution in [1.82, 2.24) is 19.5 Å². The summed E-state index contributed by atoms with van der Waals surface area (Å²) in [5.41, 5.74) is 11.7. The fraction of sp³-hybridized carbons (Fsp3) is 0.271. The van der Waals surface area contributed by atoms with Crippen molar-refractivity contribution in [1.29, 1.82) is 0 Å². The van der Waals surface area contributed by atoms with E-state index in [0.29, 0.717) is 23.5 Å². The molecule has 55 heavy (non-hydrogen) atoms. The van der Waals surface area contributed by atoms with Crippen LogP contribution in [0.3, 0.4) is 0 Å². The van der Waals surface area contributed by atoms with E-state index in [9.17, 15) is 0 Å². The monoisotopic (exact) mass is 919 g/mol. The Hall–Kier alpha value is -4.68. The Labute approximate surface area is 340 Å². The number of hydrogen-bond donors (Lipinski definition) is 0. The fourth-order valence-electron chi connectivity index (χ4n) is 7.41. The van der Waals surface area contributed by atoms with Crippen LogP contribution in [0.25, 0.3) is 61.4 Å². The zero-order valence-corrected chi connectivity index (χ0v) is 36.8. The number of fused-ring (bicyclic) bond motifs is 4. The van der Waals surface area contributed by atoms with E-state index in [4.69, 9.17) is 9.40 Å². The Kier molecular flexibility index (Phi) is 12.1. The summed E-state index contributed by atoms with van der Waals surface area (Å²) in [6.45, 7) is 20.7. The molecule has 0 fully saturated rings. The Morgan fingerprint density at radius 3 is 2.15 bits per heavy atom. The topological polar surface area (TPSA) is 56.7 Å². The number of para-hydroxylation sites is 3. The van der Waals surface area contributed by atoms with Crippen molar-refractivity contribution in [3.63, 3.8) is 0 Å². The maximum Gasteiger partial charge on any atom is 0.216 e. The van der Waals surface area contributed by atoms with Crippen LogP contribution >= 0.6 is 0 Å². The second-order valence-corrected chi connectivity index (χ2v) is 21.3. The van der Waals surface area contributed by atoms with Crippen LogP contribution in [0.4, 0.5) is 0 Å². The summed E-state index contributed by atoms with van der Waals surface area (Å²) in [6, 6.07) is 40.0. The molecule has 1 radical (unpaired) electrons. The number of nitrogens with zero attached hydrogens (tertiary/aromatic N) is 4. The molecule has 0 amide bonds. The zero-order chi connectivity index (χ0) is 38.1. The van der Waals surface area contributed by atoms with E-state index < -0.39 is 8.07 Å². The maximum atomic E-state index is 6.28. The molecule has 0 spiro atoms. The van der Waals surface area contributed by atoms with E-state index in [0.717, 1.165) is 56.5 Å². The van der Waals surface area contributed by atoms with Crippen LogP contribution in [0, 0.1) is 18.1 Å². The minimum Gasteiger partial charge on any atom is -0.486 e. The van der Waals surface area contributed by atoms with Crippen molar-refractivity contribution >= 4 is 46.4 Å². The van der Waals surface area contributed by atoms with Crippen LogP contribution in [0.15, 0.2) is 114 Å². The largest absolute Gasteiger partial charge is 0.486 e. The SMILES string of the molecule is CC(C)Cc1cc(-c2[c-]cccc2)ncc1[Si](C)(C)C.CC(C)c1cccc(C(C)C)c1-n1c(-c2[c-]ccc3c2oc2ncccc23)nc2ccccc21.[Ir]. The summed E-state index contributed by atoms with van der Waals surface area (Å²) in [5.74, 6) is 2.22.